The average molecular weight is 257 g/mol. The van der Waals surface area contributed by atoms with Crippen LogP contribution in [0.2, 0.25) is 0 Å². The third-order valence-electron chi connectivity index (χ3n) is 2.18. The molecular weight excluding hydrogens is 242 g/mol. The summed E-state index contributed by atoms with van der Waals surface area (Å²) in [5, 5.41) is 13.1. The van der Waals surface area contributed by atoms with Crippen LogP contribution in [-0.4, -0.2) is 44.3 Å². The molecule has 0 bridgehead atoms. The van der Waals surface area contributed by atoms with E-state index in [1.807, 2.05) is 6.07 Å². The molecule has 8 heteroatoms. The molecule has 1 heterocycles. The third kappa shape index (κ3) is 3.10. The van der Waals surface area contributed by atoms with Crippen molar-refractivity contribution in [1.29, 1.82) is 5.26 Å². The van der Waals surface area contributed by atoms with Crippen LogP contribution in [0.5, 0.6) is 0 Å². The molecule has 17 heavy (non-hydrogen) atoms. The maximum absolute atomic E-state index is 11.1. The molecule has 0 saturated heterocycles. The van der Waals surface area contributed by atoms with Crippen LogP contribution in [0.15, 0.2) is 0 Å². The van der Waals surface area contributed by atoms with Gasteiger partial charge in [0, 0.05) is 20.4 Å². The van der Waals surface area contributed by atoms with Crippen molar-refractivity contribution in [3.05, 3.63) is 5.56 Å². The second kappa shape index (κ2) is 4.63. The van der Waals surface area contributed by atoms with Crippen LogP contribution in [-0.2, 0) is 16.4 Å². The van der Waals surface area contributed by atoms with Gasteiger partial charge >= 0.3 is 0 Å². The molecular formula is C9H15N5O2S. The summed E-state index contributed by atoms with van der Waals surface area (Å²) in [5.74, 6) is 0.578. The first kappa shape index (κ1) is 13.3. The zero-order valence-electron chi connectivity index (χ0n) is 10.0. The van der Waals surface area contributed by atoms with Gasteiger partial charge in [-0.05, 0) is 0 Å². The van der Waals surface area contributed by atoms with E-state index in [1.165, 1.54) is 4.68 Å². The highest BCUT2D eigenvalue weighted by atomic mass is 32.2. The molecule has 0 fully saturated rings. The van der Waals surface area contributed by atoms with Gasteiger partial charge in [0.05, 0.1) is 12.3 Å². The third-order valence-corrected chi connectivity index (χ3v) is 3.11. The van der Waals surface area contributed by atoms with Crippen LogP contribution in [0.4, 0.5) is 11.6 Å². The van der Waals surface area contributed by atoms with Gasteiger partial charge in [-0.1, -0.05) is 0 Å². The van der Waals surface area contributed by atoms with E-state index in [1.54, 1.807) is 19.0 Å². The zero-order chi connectivity index (χ0) is 13.2. The largest absolute Gasteiger partial charge is 0.383 e. The van der Waals surface area contributed by atoms with Gasteiger partial charge in [-0.15, -0.1) is 0 Å². The number of nitrogen functional groups attached to an aromatic ring is 1. The molecule has 0 saturated carbocycles. The molecule has 1 rings (SSSR count). The lowest BCUT2D eigenvalue weighted by atomic mass is 10.3. The fourth-order valence-corrected chi connectivity index (χ4v) is 1.81. The second-order valence-electron chi connectivity index (χ2n) is 3.94. The lowest BCUT2D eigenvalue weighted by Gasteiger charge is -2.07. The van der Waals surface area contributed by atoms with Crippen molar-refractivity contribution in [3.8, 4) is 6.07 Å². The number of nitrogens with two attached hydrogens (primary N) is 1. The highest BCUT2D eigenvalue weighted by Gasteiger charge is 2.17. The van der Waals surface area contributed by atoms with Gasteiger partial charge in [-0.3, -0.25) is 0 Å². The van der Waals surface area contributed by atoms with Gasteiger partial charge < -0.3 is 10.6 Å². The number of nitrogens with zero attached hydrogens (tertiary/aromatic N) is 4. The summed E-state index contributed by atoms with van der Waals surface area (Å²) in [5.41, 5.74) is 6.01. The van der Waals surface area contributed by atoms with E-state index in [4.69, 9.17) is 11.0 Å². The second-order valence-corrected chi connectivity index (χ2v) is 6.20. The normalized spacial score (nSPS) is 11.2. The molecule has 0 aliphatic rings. The average Bonchev–Trinajstić information content (AvgIpc) is 2.51. The van der Waals surface area contributed by atoms with Crippen LogP contribution in [0.25, 0.3) is 0 Å². The SMILES string of the molecule is CN(C)c1nn(CCS(C)(=O)=O)c(N)c1C#N. The first-order valence-corrected chi connectivity index (χ1v) is 6.93. The molecule has 0 atom stereocenters. The van der Waals surface area contributed by atoms with Crippen LogP contribution >= 0.6 is 0 Å². The summed E-state index contributed by atoms with van der Waals surface area (Å²) >= 11 is 0. The van der Waals surface area contributed by atoms with Gasteiger partial charge in [-0.25, -0.2) is 13.1 Å². The predicted molar refractivity (Wildman–Crippen MR) is 65.4 cm³/mol. The van der Waals surface area contributed by atoms with E-state index in [0.29, 0.717) is 5.82 Å². The summed E-state index contributed by atoms with van der Waals surface area (Å²) in [6.45, 7) is 0.146. The Morgan fingerprint density at radius 1 is 1.53 bits per heavy atom. The molecule has 1 aromatic rings. The van der Waals surface area contributed by atoms with E-state index in [2.05, 4.69) is 5.10 Å². The fraction of sp³-hybridized carbons (Fsp3) is 0.556. The van der Waals surface area contributed by atoms with Gasteiger partial charge in [0.2, 0.25) is 0 Å². The van der Waals surface area contributed by atoms with Crippen molar-refractivity contribution >= 4 is 21.5 Å². The number of sulfone groups is 1. The smallest absolute Gasteiger partial charge is 0.170 e. The molecule has 0 spiro atoms. The maximum Gasteiger partial charge on any atom is 0.170 e. The van der Waals surface area contributed by atoms with Crippen molar-refractivity contribution in [2.24, 2.45) is 0 Å². The molecule has 0 amide bonds. The van der Waals surface area contributed by atoms with E-state index < -0.39 is 9.84 Å². The summed E-state index contributed by atoms with van der Waals surface area (Å²) in [6.07, 6.45) is 1.14. The van der Waals surface area contributed by atoms with Crippen LogP contribution in [0.1, 0.15) is 5.56 Å². The number of aryl methyl sites for hydroxylation is 1. The van der Waals surface area contributed by atoms with Crippen LogP contribution in [0, 0.1) is 11.3 Å². The minimum atomic E-state index is -3.08. The molecule has 0 aromatic carbocycles. The molecule has 7 nitrogen and oxygen atoms in total. The zero-order valence-corrected chi connectivity index (χ0v) is 10.8. The highest BCUT2D eigenvalue weighted by Crippen LogP contribution is 2.22. The van der Waals surface area contributed by atoms with Crippen molar-refractivity contribution in [3.63, 3.8) is 0 Å². The van der Waals surface area contributed by atoms with Gasteiger partial charge in [-0.2, -0.15) is 10.4 Å². The Morgan fingerprint density at radius 2 is 2.12 bits per heavy atom. The van der Waals surface area contributed by atoms with Gasteiger partial charge in [0.25, 0.3) is 0 Å². The first-order valence-electron chi connectivity index (χ1n) is 4.87. The van der Waals surface area contributed by atoms with E-state index >= 15 is 0 Å². The summed E-state index contributed by atoms with van der Waals surface area (Å²) < 4.78 is 23.4. The lowest BCUT2D eigenvalue weighted by molar-refractivity contribution is 0.587. The molecule has 1 aromatic heterocycles. The topological polar surface area (TPSA) is 105 Å². The highest BCUT2D eigenvalue weighted by molar-refractivity contribution is 7.90. The van der Waals surface area contributed by atoms with Crippen molar-refractivity contribution in [2.45, 2.75) is 6.54 Å². The Morgan fingerprint density at radius 3 is 2.47 bits per heavy atom. The standard InChI is InChI=1S/C9H15N5O2S/c1-13(2)9-7(6-10)8(11)14(12-9)4-5-17(3,15)16/h4-5,11H2,1-3H3. The Kier molecular flexibility index (Phi) is 3.63. The first-order chi connectivity index (χ1) is 7.76. The van der Waals surface area contributed by atoms with E-state index in [9.17, 15) is 8.42 Å². The van der Waals surface area contributed by atoms with Crippen molar-refractivity contribution in [1.82, 2.24) is 9.78 Å². The van der Waals surface area contributed by atoms with Crippen molar-refractivity contribution < 1.29 is 8.42 Å². The Balaban J connectivity index is 3.07. The number of hydrogen-bond donors (Lipinski definition) is 1. The van der Waals surface area contributed by atoms with Gasteiger partial charge in [0.15, 0.2) is 5.82 Å². The molecule has 0 radical (unpaired) electrons. The molecule has 94 valence electrons. The monoisotopic (exact) mass is 257 g/mol. The summed E-state index contributed by atoms with van der Waals surface area (Å²) in [4.78, 5) is 1.66. The molecule has 0 aliphatic heterocycles. The number of hydrogen-bond acceptors (Lipinski definition) is 6. The number of rotatable bonds is 4. The van der Waals surface area contributed by atoms with Gasteiger partial charge in [0.1, 0.15) is 27.3 Å². The Hall–Kier alpha value is -1.75. The van der Waals surface area contributed by atoms with Crippen LogP contribution < -0.4 is 10.6 Å². The number of aromatic nitrogens is 2. The minimum absolute atomic E-state index is 0.0589. The fourth-order valence-electron chi connectivity index (χ4n) is 1.30. The molecule has 0 unspecified atom stereocenters. The maximum atomic E-state index is 11.1. The predicted octanol–water partition coefficient (Wildman–Crippen LogP) is -0.552. The van der Waals surface area contributed by atoms with Crippen LogP contribution in [0.3, 0.4) is 0 Å². The summed E-state index contributed by atoms with van der Waals surface area (Å²) in [6, 6.07) is 1.96. The quantitative estimate of drug-likeness (QED) is 0.775. The number of anilines is 2. The molecule has 2 N–H and O–H groups in total. The molecule has 0 aliphatic carbocycles. The lowest BCUT2D eigenvalue weighted by Crippen LogP contribution is -2.15. The Labute approximate surface area is 100 Å². The summed E-state index contributed by atoms with van der Waals surface area (Å²) in [7, 11) is 0.397. The van der Waals surface area contributed by atoms with E-state index in [0.717, 1.165) is 6.26 Å². The minimum Gasteiger partial charge on any atom is -0.383 e. The van der Waals surface area contributed by atoms with E-state index in [-0.39, 0.29) is 23.7 Å². The van der Waals surface area contributed by atoms with Crippen molar-refractivity contribution in [2.75, 3.05) is 36.7 Å². The number of nitriles is 1. The Bertz CT molecular complexity index is 553.